The van der Waals surface area contributed by atoms with Crippen LogP contribution in [0.15, 0.2) is 11.0 Å². The summed E-state index contributed by atoms with van der Waals surface area (Å²) in [5.74, 6) is 2.11. The molecule has 0 aliphatic heterocycles. The molecule has 1 aromatic rings. The van der Waals surface area contributed by atoms with Gasteiger partial charge in [-0.2, -0.15) is 0 Å². The van der Waals surface area contributed by atoms with Gasteiger partial charge in [0.15, 0.2) is 0 Å². The molecular formula is C14H21N3O. The molecule has 1 heterocycles. The summed E-state index contributed by atoms with van der Waals surface area (Å²) in [4.78, 5) is 19.4. The molecule has 2 aliphatic rings. The Morgan fingerprint density at radius 1 is 1.39 bits per heavy atom. The van der Waals surface area contributed by atoms with Gasteiger partial charge in [-0.3, -0.25) is 4.79 Å². The third kappa shape index (κ3) is 2.64. The summed E-state index contributed by atoms with van der Waals surface area (Å²) in [6, 6.07) is 0.625. The second-order valence-electron chi connectivity index (χ2n) is 5.89. The SMILES string of the molecule is CC1CCC(c2ncc(CNC3CC3)c(=O)[nH]2)C1. The van der Waals surface area contributed by atoms with E-state index in [4.69, 9.17) is 0 Å². The molecule has 18 heavy (non-hydrogen) atoms. The van der Waals surface area contributed by atoms with E-state index in [1.165, 1.54) is 19.3 Å². The Morgan fingerprint density at radius 3 is 2.83 bits per heavy atom. The number of hydrogen-bond acceptors (Lipinski definition) is 3. The minimum Gasteiger partial charge on any atom is -0.310 e. The zero-order chi connectivity index (χ0) is 12.5. The predicted octanol–water partition coefficient (Wildman–Crippen LogP) is 1.93. The van der Waals surface area contributed by atoms with Gasteiger partial charge in [-0.25, -0.2) is 4.98 Å². The third-order valence-corrected chi connectivity index (χ3v) is 4.13. The van der Waals surface area contributed by atoms with E-state index < -0.39 is 0 Å². The van der Waals surface area contributed by atoms with Crippen LogP contribution in [0.25, 0.3) is 0 Å². The summed E-state index contributed by atoms with van der Waals surface area (Å²) in [6.45, 7) is 2.92. The average Bonchev–Trinajstić information content (AvgIpc) is 3.08. The third-order valence-electron chi connectivity index (χ3n) is 4.13. The van der Waals surface area contributed by atoms with E-state index in [1.54, 1.807) is 6.20 Å². The van der Waals surface area contributed by atoms with Gasteiger partial charge >= 0.3 is 0 Å². The van der Waals surface area contributed by atoms with Crippen molar-refractivity contribution < 1.29 is 0 Å². The molecule has 1 aromatic heterocycles. The molecule has 0 saturated heterocycles. The van der Waals surface area contributed by atoms with Crippen molar-refractivity contribution in [3.63, 3.8) is 0 Å². The molecule has 98 valence electrons. The van der Waals surface area contributed by atoms with Crippen molar-refractivity contribution in [3.8, 4) is 0 Å². The Hall–Kier alpha value is -1.16. The number of nitrogens with zero attached hydrogens (tertiary/aromatic N) is 1. The van der Waals surface area contributed by atoms with E-state index in [1.807, 2.05) is 0 Å². The first kappa shape index (κ1) is 11.9. The lowest BCUT2D eigenvalue weighted by Gasteiger charge is -2.09. The van der Waals surface area contributed by atoms with Crippen molar-refractivity contribution in [2.75, 3.05) is 0 Å². The van der Waals surface area contributed by atoms with Gasteiger partial charge in [0, 0.05) is 30.3 Å². The monoisotopic (exact) mass is 247 g/mol. The Bertz CT molecular complexity index is 478. The summed E-state index contributed by atoms with van der Waals surface area (Å²) in [5.41, 5.74) is 0.796. The van der Waals surface area contributed by atoms with E-state index in [9.17, 15) is 4.79 Å². The number of hydrogen-bond donors (Lipinski definition) is 2. The second kappa shape index (κ2) is 4.84. The second-order valence-corrected chi connectivity index (χ2v) is 5.89. The first-order valence-electron chi connectivity index (χ1n) is 7.04. The smallest absolute Gasteiger partial charge is 0.255 e. The topological polar surface area (TPSA) is 57.8 Å². The molecule has 4 heteroatoms. The van der Waals surface area contributed by atoms with E-state index in [-0.39, 0.29) is 5.56 Å². The number of aromatic nitrogens is 2. The fraction of sp³-hybridized carbons (Fsp3) is 0.714. The van der Waals surface area contributed by atoms with Gasteiger partial charge in [0.05, 0.1) is 0 Å². The van der Waals surface area contributed by atoms with Crippen molar-refractivity contribution in [3.05, 3.63) is 27.9 Å². The van der Waals surface area contributed by atoms with Crippen LogP contribution >= 0.6 is 0 Å². The molecule has 0 radical (unpaired) electrons. The summed E-state index contributed by atoms with van der Waals surface area (Å²) in [7, 11) is 0. The maximum absolute atomic E-state index is 12.0. The van der Waals surface area contributed by atoms with Gasteiger partial charge in [0.1, 0.15) is 5.82 Å². The molecule has 0 bridgehead atoms. The fourth-order valence-electron chi connectivity index (χ4n) is 2.77. The lowest BCUT2D eigenvalue weighted by atomic mass is 10.1. The summed E-state index contributed by atoms with van der Waals surface area (Å²) < 4.78 is 0. The molecule has 2 N–H and O–H groups in total. The van der Waals surface area contributed by atoms with E-state index >= 15 is 0 Å². The molecular weight excluding hydrogens is 226 g/mol. The molecule has 2 aliphatic carbocycles. The number of aromatic amines is 1. The Kier molecular flexibility index (Phi) is 3.20. The highest BCUT2D eigenvalue weighted by Crippen LogP contribution is 2.35. The van der Waals surface area contributed by atoms with Crippen molar-refractivity contribution in [1.29, 1.82) is 0 Å². The van der Waals surface area contributed by atoms with Crippen LogP contribution in [-0.4, -0.2) is 16.0 Å². The molecule has 2 unspecified atom stereocenters. The van der Waals surface area contributed by atoms with E-state index in [0.717, 1.165) is 30.1 Å². The molecule has 2 atom stereocenters. The Morgan fingerprint density at radius 2 is 2.22 bits per heavy atom. The molecule has 4 nitrogen and oxygen atoms in total. The van der Waals surface area contributed by atoms with Crippen LogP contribution in [0.3, 0.4) is 0 Å². The van der Waals surface area contributed by atoms with Crippen molar-refractivity contribution in [2.45, 2.75) is 57.5 Å². The number of rotatable bonds is 4. The van der Waals surface area contributed by atoms with Gasteiger partial charge in [0.2, 0.25) is 0 Å². The highest BCUT2D eigenvalue weighted by atomic mass is 16.1. The van der Waals surface area contributed by atoms with Crippen LogP contribution in [0.5, 0.6) is 0 Å². The van der Waals surface area contributed by atoms with Crippen LogP contribution in [0, 0.1) is 5.92 Å². The Balaban J connectivity index is 1.69. The van der Waals surface area contributed by atoms with Gasteiger partial charge in [-0.1, -0.05) is 6.92 Å². The van der Waals surface area contributed by atoms with E-state index in [2.05, 4.69) is 22.2 Å². The van der Waals surface area contributed by atoms with Crippen LogP contribution in [0.1, 0.15) is 56.3 Å². The first-order chi connectivity index (χ1) is 8.72. The van der Waals surface area contributed by atoms with Crippen molar-refractivity contribution in [1.82, 2.24) is 15.3 Å². The molecule has 2 fully saturated rings. The van der Waals surface area contributed by atoms with E-state index in [0.29, 0.717) is 18.5 Å². The van der Waals surface area contributed by atoms with Crippen LogP contribution < -0.4 is 10.9 Å². The average molecular weight is 247 g/mol. The summed E-state index contributed by atoms with van der Waals surface area (Å²) in [5, 5.41) is 3.35. The molecule has 3 rings (SSSR count). The minimum absolute atomic E-state index is 0.0349. The largest absolute Gasteiger partial charge is 0.310 e. The summed E-state index contributed by atoms with van der Waals surface area (Å²) >= 11 is 0. The maximum Gasteiger partial charge on any atom is 0.255 e. The standard InChI is InChI=1S/C14H21N3O/c1-9-2-3-10(6-9)13-16-8-11(14(18)17-13)7-15-12-4-5-12/h8-10,12,15H,2-7H2,1H3,(H,16,17,18). The normalized spacial score (nSPS) is 27.6. The van der Waals surface area contributed by atoms with Crippen molar-refractivity contribution in [2.24, 2.45) is 5.92 Å². The van der Waals surface area contributed by atoms with Gasteiger partial charge in [-0.15, -0.1) is 0 Å². The van der Waals surface area contributed by atoms with Crippen LogP contribution in [0.4, 0.5) is 0 Å². The molecule has 0 aromatic carbocycles. The van der Waals surface area contributed by atoms with Gasteiger partial charge in [-0.05, 0) is 38.0 Å². The van der Waals surface area contributed by atoms with Crippen LogP contribution in [-0.2, 0) is 6.54 Å². The lowest BCUT2D eigenvalue weighted by Crippen LogP contribution is -2.24. The number of H-pyrrole nitrogens is 1. The zero-order valence-electron chi connectivity index (χ0n) is 10.9. The highest BCUT2D eigenvalue weighted by molar-refractivity contribution is 5.09. The lowest BCUT2D eigenvalue weighted by molar-refractivity contribution is 0.582. The number of nitrogens with one attached hydrogen (secondary N) is 2. The summed E-state index contributed by atoms with van der Waals surface area (Å²) in [6.07, 6.45) is 7.80. The molecule has 0 spiro atoms. The van der Waals surface area contributed by atoms with Crippen LogP contribution in [0.2, 0.25) is 0 Å². The van der Waals surface area contributed by atoms with Gasteiger partial charge < -0.3 is 10.3 Å². The predicted molar refractivity (Wildman–Crippen MR) is 70.5 cm³/mol. The van der Waals surface area contributed by atoms with Crippen molar-refractivity contribution >= 4 is 0 Å². The molecule has 0 amide bonds. The minimum atomic E-state index is 0.0349. The fourth-order valence-corrected chi connectivity index (χ4v) is 2.77. The van der Waals surface area contributed by atoms with Gasteiger partial charge in [0.25, 0.3) is 5.56 Å². The molecule has 2 saturated carbocycles. The Labute approximate surface area is 107 Å². The quantitative estimate of drug-likeness (QED) is 0.854. The zero-order valence-corrected chi connectivity index (χ0v) is 10.9. The maximum atomic E-state index is 12.0. The highest BCUT2D eigenvalue weighted by Gasteiger charge is 2.25. The first-order valence-corrected chi connectivity index (χ1v) is 7.04.